The van der Waals surface area contributed by atoms with E-state index in [4.69, 9.17) is 16.3 Å². The third kappa shape index (κ3) is 2.26. The number of imidazole rings is 1. The number of rotatable bonds is 2. The van der Waals surface area contributed by atoms with Gasteiger partial charge in [-0.25, -0.2) is 4.98 Å². The molecule has 0 bridgehead atoms. The fourth-order valence-electron chi connectivity index (χ4n) is 2.13. The number of aromatic amines is 1. The lowest BCUT2D eigenvalue weighted by Gasteiger charge is -2.13. The van der Waals surface area contributed by atoms with Crippen molar-refractivity contribution in [3.63, 3.8) is 0 Å². The third-order valence-electron chi connectivity index (χ3n) is 3.19. The molecule has 2 N–H and O–H groups in total. The van der Waals surface area contributed by atoms with E-state index in [0.29, 0.717) is 24.2 Å². The molecule has 2 unspecified atom stereocenters. The molecule has 1 saturated heterocycles. The molecule has 0 aliphatic carbocycles. The lowest BCUT2D eigenvalue weighted by molar-refractivity contribution is -0.121. The van der Waals surface area contributed by atoms with E-state index in [9.17, 15) is 4.79 Å². The minimum Gasteiger partial charge on any atom is -0.378 e. The van der Waals surface area contributed by atoms with Crippen molar-refractivity contribution in [1.29, 1.82) is 0 Å². The summed E-state index contributed by atoms with van der Waals surface area (Å²) < 4.78 is 5.36. The average Bonchev–Trinajstić information content (AvgIpc) is 2.97. The average molecular weight is 282 g/mol. The van der Waals surface area contributed by atoms with E-state index in [1.165, 1.54) is 6.33 Å². The van der Waals surface area contributed by atoms with Crippen molar-refractivity contribution in [2.24, 2.45) is 5.92 Å². The number of ether oxygens (including phenoxy) is 1. The topological polar surface area (TPSA) is 92.8 Å². The second kappa shape index (κ2) is 4.75. The van der Waals surface area contributed by atoms with E-state index in [-0.39, 0.29) is 29.0 Å². The summed E-state index contributed by atoms with van der Waals surface area (Å²) in [6, 6.07) is 0. The smallest absolute Gasteiger partial charge is 0.233 e. The van der Waals surface area contributed by atoms with Gasteiger partial charge >= 0.3 is 0 Å². The zero-order valence-electron chi connectivity index (χ0n) is 10.2. The van der Waals surface area contributed by atoms with Crippen molar-refractivity contribution in [3.05, 3.63) is 11.5 Å². The molecule has 3 heterocycles. The molecule has 1 aliphatic rings. The number of halogens is 1. The molecule has 1 aliphatic heterocycles. The first-order valence-corrected chi connectivity index (χ1v) is 6.32. The quantitative estimate of drug-likeness (QED) is 0.811. The fourth-order valence-corrected chi connectivity index (χ4v) is 2.35. The van der Waals surface area contributed by atoms with E-state index < -0.39 is 0 Å². The van der Waals surface area contributed by atoms with Crippen LogP contribution in [0.25, 0.3) is 11.2 Å². The molecular formula is C11H12ClN5O2. The molecule has 3 rings (SSSR count). The number of H-pyrrole nitrogens is 1. The highest BCUT2D eigenvalue weighted by molar-refractivity contribution is 6.33. The van der Waals surface area contributed by atoms with Crippen LogP contribution in [-0.2, 0) is 9.53 Å². The maximum atomic E-state index is 12.1. The van der Waals surface area contributed by atoms with Crippen LogP contribution in [0.15, 0.2) is 6.33 Å². The van der Waals surface area contributed by atoms with Gasteiger partial charge in [0.25, 0.3) is 0 Å². The van der Waals surface area contributed by atoms with E-state index in [1.807, 2.05) is 6.92 Å². The van der Waals surface area contributed by atoms with Gasteiger partial charge in [0.1, 0.15) is 5.52 Å². The molecule has 100 valence electrons. The fraction of sp³-hybridized carbons (Fsp3) is 0.455. The van der Waals surface area contributed by atoms with Gasteiger partial charge in [0.15, 0.2) is 10.8 Å². The Morgan fingerprint density at radius 2 is 2.42 bits per heavy atom. The summed E-state index contributed by atoms with van der Waals surface area (Å²) in [6.07, 6.45) is 2.08. The number of nitrogens with zero attached hydrogens (tertiary/aromatic N) is 3. The normalized spacial score (nSPS) is 22.8. The Hall–Kier alpha value is -1.73. The minimum absolute atomic E-state index is 0.0930. The van der Waals surface area contributed by atoms with Crippen LogP contribution in [0.4, 0.5) is 5.95 Å². The molecule has 0 spiro atoms. The highest BCUT2D eigenvalue weighted by Crippen LogP contribution is 2.23. The van der Waals surface area contributed by atoms with Gasteiger partial charge in [-0.15, -0.1) is 0 Å². The number of amides is 1. The molecule has 1 amide bonds. The number of nitrogens with one attached hydrogen (secondary N) is 2. The highest BCUT2D eigenvalue weighted by Gasteiger charge is 2.31. The Bertz CT molecular complexity index is 629. The lowest BCUT2D eigenvalue weighted by Crippen LogP contribution is -2.28. The second-order valence-corrected chi connectivity index (χ2v) is 4.76. The van der Waals surface area contributed by atoms with Crippen LogP contribution in [0.1, 0.15) is 13.3 Å². The maximum absolute atomic E-state index is 12.1. The second-order valence-electron chi connectivity index (χ2n) is 4.40. The molecule has 2 aromatic heterocycles. The van der Waals surface area contributed by atoms with Crippen LogP contribution in [0.3, 0.4) is 0 Å². The molecule has 2 atom stereocenters. The van der Waals surface area contributed by atoms with Gasteiger partial charge in [-0.1, -0.05) is 11.6 Å². The van der Waals surface area contributed by atoms with Crippen LogP contribution in [0.2, 0.25) is 5.15 Å². The predicted molar refractivity (Wildman–Crippen MR) is 68.8 cm³/mol. The van der Waals surface area contributed by atoms with Gasteiger partial charge in [0.05, 0.1) is 18.3 Å². The summed E-state index contributed by atoms with van der Waals surface area (Å²) in [5.74, 6) is -0.179. The molecule has 7 nitrogen and oxygen atoms in total. The summed E-state index contributed by atoms with van der Waals surface area (Å²) in [5, 5.41) is 2.89. The van der Waals surface area contributed by atoms with Gasteiger partial charge in [-0.2, -0.15) is 9.97 Å². The number of carbonyl (C=O) groups is 1. The van der Waals surface area contributed by atoms with E-state index in [2.05, 4.69) is 25.3 Å². The highest BCUT2D eigenvalue weighted by atomic mass is 35.5. The van der Waals surface area contributed by atoms with Crippen molar-refractivity contribution in [2.45, 2.75) is 19.4 Å². The summed E-state index contributed by atoms with van der Waals surface area (Å²) in [4.78, 5) is 27.0. The molecule has 19 heavy (non-hydrogen) atoms. The number of hydrogen-bond donors (Lipinski definition) is 2. The van der Waals surface area contributed by atoms with Gasteiger partial charge in [0.2, 0.25) is 11.9 Å². The van der Waals surface area contributed by atoms with Crippen LogP contribution in [-0.4, -0.2) is 38.6 Å². The molecule has 0 aromatic carbocycles. The molecule has 8 heteroatoms. The molecule has 2 aromatic rings. The first kappa shape index (κ1) is 12.3. The zero-order valence-corrected chi connectivity index (χ0v) is 10.9. The van der Waals surface area contributed by atoms with Crippen molar-refractivity contribution < 1.29 is 9.53 Å². The standard InChI is InChI=1S/C11H12ClN5O2/c1-5-6(2-3-19-5)10(18)17-11-15-8(12)7-9(16-11)14-4-13-7/h4-6H,2-3H2,1H3,(H2,13,14,15,16,17,18). The number of carbonyl (C=O) groups excluding carboxylic acids is 1. The van der Waals surface area contributed by atoms with Gasteiger partial charge in [-0.05, 0) is 13.3 Å². The van der Waals surface area contributed by atoms with Crippen LogP contribution < -0.4 is 5.32 Å². The van der Waals surface area contributed by atoms with Gasteiger partial charge in [-0.3, -0.25) is 10.1 Å². The largest absolute Gasteiger partial charge is 0.378 e. The van der Waals surface area contributed by atoms with Gasteiger partial charge < -0.3 is 9.72 Å². The van der Waals surface area contributed by atoms with Crippen molar-refractivity contribution in [3.8, 4) is 0 Å². The summed E-state index contributed by atoms with van der Waals surface area (Å²) >= 11 is 5.98. The Labute approximate surface area is 113 Å². The Balaban J connectivity index is 1.83. The zero-order chi connectivity index (χ0) is 13.4. The van der Waals surface area contributed by atoms with Crippen LogP contribution >= 0.6 is 11.6 Å². The van der Waals surface area contributed by atoms with Crippen molar-refractivity contribution in [1.82, 2.24) is 19.9 Å². The summed E-state index contributed by atoms with van der Waals surface area (Å²) in [7, 11) is 0. The summed E-state index contributed by atoms with van der Waals surface area (Å²) in [5.41, 5.74) is 0.975. The van der Waals surface area contributed by atoms with E-state index in [0.717, 1.165) is 0 Å². The monoisotopic (exact) mass is 281 g/mol. The Morgan fingerprint density at radius 3 is 3.16 bits per heavy atom. The molecular weight excluding hydrogens is 270 g/mol. The first-order valence-electron chi connectivity index (χ1n) is 5.94. The van der Waals surface area contributed by atoms with Crippen molar-refractivity contribution >= 4 is 34.6 Å². The molecule has 0 radical (unpaired) electrons. The SMILES string of the molecule is CC1OCCC1C(=O)Nc1nc(Cl)c2[nH]cnc2n1. The van der Waals surface area contributed by atoms with Crippen molar-refractivity contribution in [2.75, 3.05) is 11.9 Å². The molecule has 0 saturated carbocycles. The van der Waals surface area contributed by atoms with Crippen LogP contribution in [0.5, 0.6) is 0 Å². The molecule has 1 fully saturated rings. The first-order chi connectivity index (χ1) is 9.15. The maximum Gasteiger partial charge on any atom is 0.233 e. The Morgan fingerprint density at radius 1 is 1.58 bits per heavy atom. The van der Waals surface area contributed by atoms with E-state index in [1.54, 1.807) is 0 Å². The number of hydrogen-bond acceptors (Lipinski definition) is 5. The number of aromatic nitrogens is 4. The third-order valence-corrected chi connectivity index (χ3v) is 3.46. The number of anilines is 1. The minimum atomic E-state index is -0.183. The Kier molecular flexibility index (Phi) is 3.08. The van der Waals surface area contributed by atoms with Gasteiger partial charge in [0, 0.05) is 6.61 Å². The number of fused-ring (bicyclic) bond motifs is 1. The predicted octanol–water partition coefficient (Wildman–Crippen LogP) is 1.37. The van der Waals surface area contributed by atoms with Crippen LogP contribution in [0, 0.1) is 5.92 Å². The van der Waals surface area contributed by atoms with E-state index >= 15 is 0 Å². The summed E-state index contributed by atoms with van der Waals surface area (Å²) in [6.45, 7) is 2.47. The lowest BCUT2D eigenvalue weighted by atomic mass is 10.0.